The van der Waals surface area contributed by atoms with Crippen LogP contribution in [0, 0.1) is 5.92 Å². The number of rotatable bonds is 2. The van der Waals surface area contributed by atoms with Gasteiger partial charge < -0.3 is 5.73 Å². The van der Waals surface area contributed by atoms with Gasteiger partial charge in [0.2, 0.25) is 0 Å². The minimum atomic E-state index is -0.0707. The van der Waals surface area contributed by atoms with E-state index in [-0.39, 0.29) is 5.54 Å². The summed E-state index contributed by atoms with van der Waals surface area (Å²) in [6.07, 6.45) is 4.11. The van der Waals surface area contributed by atoms with Crippen molar-refractivity contribution in [2.75, 3.05) is 0 Å². The number of aromatic nitrogens is 1. The van der Waals surface area contributed by atoms with Gasteiger partial charge in [0.05, 0.1) is 5.52 Å². The molecule has 2 atom stereocenters. The number of nitrogens with two attached hydrogens (primary N) is 1. The van der Waals surface area contributed by atoms with Crippen molar-refractivity contribution in [1.82, 2.24) is 4.98 Å². The van der Waals surface area contributed by atoms with E-state index in [1.165, 1.54) is 17.4 Å². The molecule has 2 unspecified atom stereocenters. The van der Waals surface area contributed by atoms with E-state index < -0.39 is 0 Å². The highest BCUT2D eigenvalue weighted by Crippen LogP contribution is 2.51. The van der Waals surface area contributed by atoms with E-state index in [2.05, 4.69) is 36.2 Å². The lowest BCUT2D eigenvalue weighted by molar-refractivity contribution is 0.616. The van der Waals surface area contributed by atoms with E-state index in [4.69, 9.17) is 5.73 Å². The number of hydrogen-bond donors (Lipinski definition) is 1. The standard InChI is InChI=1S/C14H16N2/c1-2-11-9-14(11,15)12-5-6-13-10(8-12)4-3-7-16-13/h3-8,11H,2,9,15H2,1H3. The van der Waals surface area contributed by atoms with Gasteiger partial charge >= 0.3 is 0 Å². The van der Waals surface area contributed by atoms with Crippen molar-refractivity contribution >= 4 is 10.9 Å². The molecule has 82 valence electrons. The van der Waals surface area contributed by atoms with Crippen LogP contribution in [-0.4, -0.2) is 4.98 Å². The van der Waals surface area contributed by atoms with Crippen LogP contribution < -0.4 is 5.73 Å². The molecule has 0 bridgehead atoms. The number of hydrogen-bond acceptors (Lipinski definition) is 2. The topological polar surface area (TPSA) is 38.9 Å². The lowest BCUT2D eigenvalue weighted by Crippen LogP contribution is -2.21. The summed E-state index contributed by atoms with van der Waals surface area (Å²) in [4.78, 5) is 4.32. The monoisotopic (exact) mass is 212 g/mol. The first kappa shape index (κ1) is 9.79. The molecule has 1 aromatic carbocycles. The van der Waals surface area contributed by atoms with Crippen LogP contribution >= 0.6 is 0 Å². The van der Waals surface area contributed by atoms with E-state index in [0.29, 0.717) is 5.92 Å². The Hall–Kier alpha value is -1.41. The number of benzene rings is 1. The minimum Gasteiger partial charge on any atom is -0.321 e. The second kappa shape index (κ2) is 3.29. The molecule has 1 aromatic heterocycles. The molecule has 2 aromatic rings. The second-order valence-electron chi connectivity index (χ2n) is 4.76. The Bertz CT molecular complexity index is 535. The molecule has 0 radical (unpaired) electrons. The van der Waals surface area contributed by atoms with Gasteiger partial charge in [-0.25, -0.2) is 0 Å². The van der Waals surface area contributed by atoms with E-state index in [1.807, 2.05) is 12.3 Å². The molecule has 0 aliphatic heterocycles. The molecule has 1 saturated carbocycles. The van der Waals surface area contributed by atoms with Crippen LogP contribution in [0.1, 0.15) is 25.3 Å². The normalized spacial score (nSPS) is 28.2. The van der Waals surface area contributed by atoms with Crippen molar-refractivity contribution in [3.8, 4) is 0 Å². The average molecular weight is 212 g/mol. The molecule has 1 aliphatic carbocycles. The third-order valence-corrected chi connectivity index (χ3v) is 3.79. The average Bonchev–Trinajstić information content (AvgIpc) is 3.01. The Balaban J connectivity index is 2.06. The Morgan fingerprint density at radius 3 is 3.06 bits per heavy atom. The first-order valence-electron chi connectivity index (χ1n) is 5.88. The van der Waals surface area contributed by atoms with Gasteiger partial charge in [-0.15, -0.1) is 0 Å². The Kier molecular flexibility index (Phi) is 2.01. The fraction of sp³-hybridized carbons (Fsp3) is 0.357. The second-order valence-corrected chi connectivity index (χ2v) is 4.76. The molecule has 0 amide bonds. The number of nitrogens with zero attached hydrogens (tertiary/aromatic N) is 1. The molecule has 3 rings (SSSR count). The zero-order valence-corrected chi connectivity index (χ0v) is 9.48. The van der Waals surface area contributed by atoms with Gasteiger partial charge in [-0.1, -0.05) is 25.5 Å². The zero-order valence-electron chi connectivity index (χ0n) is 9.48. The van der Waals surface area contributed by atoms with Crippen LogP contribution in [0.2, 0.25) is 0 Å². The molecule has 2 heteroatoms. The summed E-state index contributed by atoms with van der Waals surface area (Å²) in [6, 6.07) is 10.5. The summed E-state index contributed by atoms with van der Waals surface area (Å²) >= 11 is 0. The van der Waals surface area contributed by atoms with Gasteiger partial charge in [0.25, 0.3) is 0 Å². The summed E-state index contributed by atoms with van der Waals surface area (Å²) in [5.41, 5.74) is 8.63. The molecule has 0 spiro atoms. The van der Waals surface area contributed by atoms with Gasteiger partial charge in [-0.05, 0) is 36.1 Å². The lowest BCUT2D eigenvalue weighted by Gasteiger charge is -2.12. The zero-order chi connectivity index (χ0) is 11.2. The van der Waals surface area contributed by atoms with Crippen molar-refractivity contribution in [3.05, 3.63) is 42.1 Å². The maximum absolute atomic E-state index is 6.39. The van der Waals surface area contributed by atoms with Gasteiger partial charge in [0, 0.05) is 17.1 Å². The quantitative estimate of drug-likeness (QED) is 0.831. The van der Waals surface area contributed by atoms with Gasteiger partial charge in [-0.3, -0.25) is 4.98 Å². The van der Waals surface area contributed by atoms with Crippen molar-refractivity contribution in [3.63, 3.8) is 0 Å². The first-order chi connectivity index (χ1) is 7.74. The fourth-order valence-corrected chi connectivity index (χ4v) is 2.58. The van der Waals surface area contributed by atoms with E-state index >= 15 is 0 Å². The highest BCUT2D eigenvalue weighted by Gasteiger charge is 2.50. The van der Waals surface area contributed by atoms with E-state index in [1.54, 1.807) is 0 Å². The number of fused-ring (bicyclic) bond motifs is 1. The molecule has 0 saturated heterocycles. The maximum Gasteiger partial charge on any atom is 0.0702 e. The van der Waals surface area contributed by atoms with Crippen molar-refractivity contribution in [2.45, 2.75) is 25.3 Å². The van der Waals surface area contributed by atoms with Crippen molar-refractivity contribution < 1.29 is 0 Å². The first-order valence-corrected chi connectivity index (χ1v) is 5.88. The summed E-state index contributed by atoms with van der Waals surface area (Å²) < 4.78 is 0. The van der Waals surface area contributed by atoms with Crippen molar-refractivity contribution in [1.29, 1.82) is 0 Å². The highest BCUT2D eigenvalue weighted by atomic mass is 14.9. The van der Waals surface area contributed by atoms with Crippen LogP contribution in [0.3, 0.4) is 0 Å². The molecule has 1 fully saturated rings. The van der Waals surface area contributed by atoms with Crippen LogP contribution in [-0.2, 0) is 5.54 Å². The van der Waals surface area contributed by atoms with Gasteiger partial charge in [0.1, 0.15) is 0 Å². The molecule has 16 heavy (non-hydrogen) atoms. The molecular formula is C14H16N2. The largest absolute Gasteiger partial charge is 0.321 e. The highest BCUT2D eigenvalue weighted by molar-refractivity contribution is 5.79. The SMILES string of the molecule is CCC1CC1(N)c1ccc2ncccc2c1. The third-order valence-electron chi connectivity index (χ3n) is 3.79. The molecule has 2 N–H and O–H groups in total. The van der Waals surface area contributed by atoms with Crippen LogP contribution in [0.25, 0.3) is 10.9 Å². The van der Waals surface area contributed by atoms with E-state index in [0.717, 1.165) is 11.9 Å². The Morgan fingerprint density at radius 2 is 2.31 bits per heavy atom. The third kappa shape index (κ3) is 1.34. The van der Waals surface area contributed by atoms with E-state index in [9.17, 15) is 0 Å². The predicted octanol–water partition coefficient (Wildman–Crippen LogP) is 2.82. The summed E-state index contributed by atoms with van der Waals surface area (Å²) in [6.45, 7) is 2.21. The Morgan fingerprint density at radius 1 is 1.44 bits per heavy atom. The summed E-state index contributed by atoms with van der Waals surface area (Å²) in [7, 11) is 0. The van der Waals surface area contributed by atoms with Gasteiger partial charge in [-0.2, -0.15) is 0 Å². The maximum atomic E-state index is 6.39. The fourth-order valence-electron chi connectivity index (χ4n) is 2.58. The summed E-state index contributed by atoms with van der Waals surface area (Å²) in [5.74, 6) is 0.654. The Labute approximate surface area is 95.5 Å². The van der Waals surface area contributed by atoms with Crippen LogP contribution in [0.4, 0.5) is 0 Å². The molecular weight excluding hydrogens is 196 g/mol. The molecule has 1 heterocycles. The lowest BCUT2D eigenvalue weighted by atomic mass is 10.0. The van der Waals surface area contributed by atoms with Gasteiger partial charge in [0.15, 0.2) is 0 Å². The predicted molar refractivity (Wildman–Crippen MR) is 66.0 cm³/mol. The van der Waals surface area contributed by atoms with Crippen molar-refractivity contribution in [2.24, 2.45) is 11.7 Å². The van der Waals surface area contributed by atoms with Crippen LogP contribution in [0.5, 0.6) is 0 Å². The number of pyridine rings is 1. The minimum absolute atomic E-state index is 0.0707. The molecule has 1 aliphatic rings. The summed E-state index contributed by atoms with van der Waals surface area (Å²) in [5, 5.41) is 1.19. The smallest absolute Gasteiger partial charge is 0.0702 e. The van der Waals surface area contributed by atoms with Crippen LogP contribution in [0.15, 0.2) is 36.5 Å². The molecule has 2 nitrogen and oxygen atoms in total.